The van der Waals surface area contributed by atoms with Crippen LogP contribution in [0.4, 0.5) is 4.79 Å². The van der Waals surface area contributed by atoms with Crippen LogP contribution in [0.15, 0.2) is 18.2 Å². The monoisotopic (exact) mass is 334 g/mol. The van der Waals surface area contributed by atoms with Crippen LogP contribution in [0.3, 0.4) is 0 Å². The maximum atomic E-state index is 12.0. The van der Waals surface area contributed by atoms with Crippen molar-refractivity contribution in [3.05, 3.63) is 23.8 Å². The lowest BCUT2D eigenvalue weighted by Gasteiger charge is -2.22. The number of amides is 3. The molecule has 2 atom stereocenters. The molecule has 3 N–H and O–H groups in total. The van der Waals surface area contributed by atoms with Crippen molar-refractivity contribution in [1.29, 1.82) is 0 Å². The van der Waals surface area contributed by atoms with Crippen molar-refractivity contribution in [2.24, 2.45) is 0 Å². The average molecular weight is 334 g/mol. The number of likely N-dealkylation sites (tertiary alicyclic amines) is 1. The van der Waals surface area contributed by atoms with E-state index in [9.17, 15) is 9.59 Å². The van der Waals surface area contributed by atoms with E-state index in [2.05, 4.69) is 16.7 Å². The lowest BCUT2D eigenvalue weighted by molar-refractivity contribution is -0.910. The first-order valence-electron chi connectivity index (χ1n) is 8.43. The van der Waals surface area contributed by atoms with Crippen molar-refractivity contribution in [2.45, 2.75) is 25.3 Å². The van der Waals surface area contributed by atoms with Gasteiger partial charge in [-0.05, 0) is 18.2 Å². The van der Waals surface area contributed by atoms with E-state index in [1.807, 2.05) is 12.1 Å². The van der Waals surface area contributed by atoms with E-state index in [0.29, 0.717) is 13.2 Å². The minimum absolute atomic E-state index is 0.234. The summed E-state index contributed by atoms with van der Waals surface area (Å²) in [5.74, 6) is 1.31. The van der Waals surface area contributed by atoms with E-state index in [1.54, 1.807) is 0 Å². The van der Waals surface area contributed by atoms with Crippen LogP contribution in [0, 0.1) is 0 Å². The van der Waals surface area contributed by atoms with Crippen molar-refractivity contribution < 1.29 is 24.0 Å². The first kappa shape index (κ1) is 16.6. The Labute approximate surface area is 141 Å². The van der Waals surface area contributed by atoms with Crippen molar-refractivity contribution >= 4 is 11.9 Å². The number of benzene rings is 1. The highest BCUT2D eigenvalue weighted by Crippen LogP contribution is 2.33. The largest absolute Gasteiger partial charge is 0.490 e. The Morgan fingerprint density at radius 3 is 2.79 bits per heavy atom. The third kappa shape index (κ3) is 3.79. The molecule has 1 aromatic rings. The van der Waals surface area contributed by atoms with Crippen LogP contribution in [-0.2, 0) is 4.79 Å². The molecular formula is C17H24N3O4+. The highest BCUT2D eigenvalue weighted by molar-refractivity contribution is 5.94. The molecule has 0 bridgehead atoms. The number of fused-ring (bicyclic) bond motifs is 1. The molecule has 130 valence electrons. The van der Waals surface area contributed by atoms with Gasteiger partial charge in [0.1, 0.15) is 6.04 Å². The number of quaternary nitrogens is 1. The third-order valence-corrected chi connectivity index (χ3v) is 4.53. The van der Waals surface area contributed by atoms with Crippen molar-refractivity contribution in [3.8, 4) is 11.5 Å². The number of carbonyl (C=O) groups excluding carboxylic acids is 2. The molecule has 24 heavy (non-hydrogen) atoms. The van der Waals surface area contributed by atoms with Crippen molar-refractivity contribution in [2.75, 3.05) is 33.4 Å². The number of imide groups is 1. The molecule has 3 amide bonds. The fraction of sp³-hybridized carbons (Fsp3) is 0.529. The Morgan fingerprint density at radius 2 is 2.00 bits per heavy atom. The molecule has 0 radical (unpaired) electrons. The molecule has 2 aliphatic rings. The van der Waals surface area contributed by atoms with Gasteiger partial charge >= 0.3 is 6.03 Å². The maximum Gasteiger partial charge on any atom is 0.321 e. The quantitative estimate of drug-likeness (QED) is 0.728. The van der Waals surface area contributed by atoms with Gasteiger partial charge < -0.3 is 19.7 Å². The number of carbonyl (C=O) groups is 2. The second-order valence-corrected chi connectivity index (χ2v) is 6.16. The normalized spacial score (nSPS) is 22.5. The third-order valence-electron chi connectivity index (χ3n) is 4.53. The van der Waals surface area contributed by atoms with Crippen LogP contribution < -0.4 is 25.0 Å². The van der Waals surface area contributed by atoms with Crippen LogP contribution in [-0.4, -0.2) is 45.3 Å². The van der Waals surface area contributed by atoms with Gasteiger partial charge in [-0.2, -0.15) is 0 Å². The van der Waals surface area contributed by atoms with E-state index in [-0.39, 0.29) is 18.5 Å². The summed E-state index contributed by atoms with van der Waals surface area (Å²) in [5, 5.41) is 4.73. The lowest BCUT2D eigenvalue weighted by atomic mass is 10.0. The molecular weight excluding hydrogens is 310 g/mol. The zero-order valence-corrected chi connectivity index (χ0v) is 13.9. The van der Waals surface area contributed by atoms with Gasteiger partial charge in [0.15, 0.2) is 18.0 Å². The molecule has 1 fully saturated rings. The number of hydrogen-bond acceptors (Lipinski definition) is 4. The summed E-state index contributed by atoms with van der Waals surface area (Å²) in [5.41, 5.74) is 1.15. The molecule has 0 spiro atoms. The van der Waals surface area contributed by atoms with E-state index >= 15 is 0 Å². The van der Waals surface area contributed by atoms with Gasteiger partial charge in [-0.3, -0.25) is 10.1 Å². The smallest absolute Gasteiger partial charge is 0.321 e. The van der Waals surface area contributed by atoms with E-state index in [4.69, 9.17) is 9.47 Å². The minimum Gasteiger partial charge on any atom is -0.490 e. The lowest BCUT2D eigenvalue weighted by Crippen LogP contribution is -3.11. The summed E-state index contributed by atoms with van der Waals surface area (Å²) in [7, 11) is 1.49. The van der Waals surface area contributed by atoms with Crippen LogP contribution in [0.25, 0.3) is 0 Å². The van der Waals surface area contributed by atoms with Crippen LogP contribution in [0.5, 0.6) is 11.5 Å². The number of rotatable bonds is 3. The van der Waals surface area contributed by atoms with Crippen LogP contribution in [0.1, 0.15) is 30.9 Å². The summed E-state index contributed by atoms with van der Waals surface area (Å²) < 4.78 is 11.4. The molecule has 0 saturated carbocycles. The number of nitrogens with one attached hydrogen (secondary N) is 3. The minimum atomic E-state index is -0.467. The second-order valence-electron chi connectivity index (χ2n) is 6.16. The van der Waals surface area contributed by atoms with E-state index in [1.165, 1.54) is 11.9 Å². The highest BCUT2D eigenvalue weighted by Gasteiger charge is 2.32. The summed E-state index contributed by atoms with van der Waals surface area (Å²) >= 11 is 0. The fourth-order valence-corrected chi connectivity index (χ4v) is 3.36. The molecule has 2 heterocycles. The fourth-order valence-electron chi connectivity index (χ4n) is 3.36. The molecule has 0 aromatic heterocycles. The Morgan fingerprint density at radius 1 is 1.21 bits per heavy atom. The van der Waals surface area contributed by atoms with E-state index in [0.717, 1.165) is 42.9 Å². The number of ether oxygens (including phenoxy) is 2. The molecule has 1 aromatic carbocycles. The number of hydrogen-bond donors (Lipinski definition) is 3. The topological polar surface area (TPSA) is 81.1 Å². The number of urea groups is 1. The zero-order valence-electron chi connectivity index (χ0n) is 13.9. The van der Waals surface area contributed by atoms with Gasteiger partial charge in [0, 0.05) is 31.9 Å². The SMILES string of the molecule is CNC(=O)NC(=O)C[NH+]1CCC[C@H]1c1ccc2c(c1)OCCCO2. The van der Waals surface area contributed by atoms with Crippen LogP contribution in [0.2, 0.25) is 0 Å². The highest BCUT2D eigenvalue weighted by atomic mass is 16.5. The Balaban J connectivity index is 1.70. The molecule has 3 rings (SSSR count). The molecule has 0 aliphatic carbocycles. The van der Waals surface area contributed by atoms with Gasteiger partial charge in [0.25, 0.3) is 5.91 Å². The summed E-state index contributed by atoms with van der Waals surface area (Å²) in [4.78, 5) is 24.4. The zero-order chi connectivity index (χ0) is 16.9. The van der Waals surface area contributed by atoms with Crippen molar-refractivity contribution in [1.82, 2.24) is 10.6 Å². The molecule has 1 saturated heterocycles. The van der Waals surface area contributed by atoms with Gasteiger partial charge in [0.05, 0.1) is 19.8 Å². The van der Waals surface area contributed by atoms with E-state index < -0.39 is 6.03 Å². The Hall–Kier alpha value is -2.28. The van der Waals surface area contributed by atoms with Gasteiger partial charge in [-0.15, -0.1) is 0 Å². The molecule has 7 nitrogen and oxygen atoms in total. The van der Waals surface area contributed by atoms with Gasteiger partial charge in [-0.25, -0.2) is 4.79 Å². The second kappa shape index (κ2) is 7.53. The summed E-state index contributed by atoms with van der Waals surface area (Å²) in [6.45, 7) is 2.53. The molecule has 2 aliphatic heterocycles. The Bertz CT molecular complexity index is 620. The standard InChI is InChI=1S/C17H23N3O4/c1-18-17(22)19-16(21)11-20-7-2-4-13(20)12-5-6-14-15(10-12)24-9-3-8-23-14/h5-6,10,13H,2-4,7-9,11H2,1H3,(H2,18,19,21,22)/p+1/t13-/m0/s1. The molecule has 1 unspecified atom stereocenters. The summed E-state index contributed by atoms with van der Waals surface area (Å²) in [6, 6.07) is 5.81. The summed E-state index contributed by atoms with van der Waals surface area (Å²) in [6.07, 6.45) is 2.95. The maximum absolute atomic E-state index is 12.0. The predicted molar refractivity (Wildman–Crippen MR) is 87.3 cm³/mol. The van der Waals surface area contributed by atoms with Crippen LogP contribution >= 0.6 is 0 Å². The predicted octanol–water partition coefficient (Wildman–Crippen LogP) is 0.0233. The van der Waals surface area contributed by atoms with Crippen molar-refractivity contribution in [3.63, 3.8) is 0 Å². The average Bonchev–Trinajstić information content (AvgIpc) is 2.90. The first-order valence-corrected chi connectivity index (χ1v) is 8.43. The van der Waals surface area contributed by atoms with Gasteiger partial charge in [-0.1, -0.05) is 0 Å². The van der Waals surface area contributed by atoms with Gasteiger partial charge in [0.2, 0.25) is 0 Å². The molecule has 7 heteroatoms. The first-order chi connectivity index (χ1) is 11.7. The Kier molecular flexibility index (Phi) is 5.20.